The molecule has 1 aliphatic rings. The number of ether oxygens (including phenoxy) is 1. The average molecular weight is 554 g/mol. The molecule has 1 saturated heterocycles. The van der Waals surface area contributed by atoms with E-state index in [4.69, 9.17) is 22.1 Å². The molecule has 11 heteroatoms. The van der Waals surface area contributed by atoms with Crippen molar-refractivity contribution in [1.82, 2.24) is 14.3 Å². The molecule has 1 aromatic carbocycles. The number of aromatic nitrogens is 2. The number of anilines is 3. The summed E-state index contributed by atoms with van der Waals surface area (Å²) >= 11 is 6.38. The topological polar surface area (TPSA) is 118 Å². The van der Waals surface area contributed by atoms with Gasteiger partial charge < -0.3 is 30.0 Å². The lowest BCUT2D eigenvalue weighted by Gasteiger charge is -2.29. The molecule has 4 rings (SSSR count). The second kappa shape index (κ2) is 11.1. The van der Waals surface area contributed by atoms with Gasteiger partial charge in [0.2, 0.25) is 0 Å². The van der Waals surface area contributed by atoms with Crippen LogP contribution in [0.4, 0.5) is 21.9 Å². The fourth-order valence-corrected chi connectivity index (χ4v) is 4.88. The first-order chi connectivity index (χ1) is 18.4. The summed E-state index contributed by atoms with van der Waals surface area (Å²) in [6, 6.07) is 5.24. The molecule has 3 N–H and O–H groups in total. The first-order valence-electron chi connectivity index (χ1n) is 13.0. The number of carbonyl (C=O) groups excluding carboxylic acids is 2. The number of nitrogens with two attached hydrogens (primary N) is 1. The second-order valence-electron chi connectivity index (χ2n) is 10.7. The summed E-state index contributed by atoms with van der Waals surface area (Å²) in [5.41, 5.74) is 10.2. The van der Waals surface area contributed by atoms with Gasteiger partial charge in [0.05, 0.1) is 33.7 Å². The minimum Gasteiger partial charge on any atom is -0.444 e. The zero-order chi connectivity index (χ0) is 28.5. The van der Waals surface area contributed by atoms with Crippen LogP contribution in [-0.4, -0.2) is 70.8 Å². The monoisotopic (exact) mass is 553 g/mol. The molecule has 1 aliphatic heterocycles. The number of imidazole rings is 1. The van der Waals surface area contributed by atoms with E-state index >= 15 is 0 Å². The Kier molecular flexibility index (Phi) is 8.06. The summed E-state index contributed by atoms with van der Waals surface area (Å²) in [7, 11) is 1.76. The van der Waals surface area contributed by atoms with Gasteiger partial charge in [-0.3, -0.25) is 9.79 Å². The van der Waals surface area contributed by atoms with Gasteiger partial charge in [-0.05, 0) is 59.2 Å². The number of likely N-dealkylation sites (N-methyl/N-ethyl adjacent to an activating group) is 1. The third-order valence-electron chi connectivity index (χ3n) is 6.53. The zero-order valence-corrected chi connectivity index (χ0v) is 24.0. The van der Waals surface area contributed by atoms with Crippen LogP contribution >= 0.6 is 11.6 Å². The molecule has 3 heterocycles. The van der Waals surface area contributed by atoms with Gasteiger partial charge >= 0.3 is 6.09 Å². The van der Waals surface area contributed by atoms with Crippen molar-refractivity contribution in [3.05, 3.63) is 52.4 Å². The largest absolute Gasteiger partial charge is 0.444 e. The molecule has 0 spiro atoms. The zero-order valence-electron chi connectivity index (χ0n) is 23.3. The van der Waals surface area contributed by atoms with Crippen LogP contribution in [0.3, 0.4) is 0 Å². The number of halogens is 1. The predicted molar refractivity (Wildman–Crippen MR) is 156 cm³/mol. The maximum absolute atomic E-state index is 13.3. The Morgan fingerprint density at radius 2 is 2.08 bits per heavy atom. The maximum atomic E-state index is 13.3. The molecule has 0 aliphatic carbocycles. The molecule has 0 unspecified atom stereocenters. The van der Waals surface area contributed by atoms with Crippen molar-refractivity contribution in [1.29, 1.82) is 0 Å². The fourth-order valence-electron chi connectivity index (χ4n) is 4.62. The van der Waals surface area contributed by atoms with Gasteiger partial charge in [0.25, 0.3) is 5.91 Å². The van der Waals surface area contributed by atoms with E-state index in [0.717, 1.165) is 24.3 Å². The van der Waals surface area contributed by atoms with Crippen molar-refractivity contribution in [2.75, 3.05) is 42.6 Å². The molecule has 1 fully saturated rings. The minimum absolute atomic E-state index is 0.0218. The molecule has 0 radical (unpaired) electrons. The first-order valence-corrected chi connectivity index (χ1v) is 13.3. The Morgan fingerprint density at radius 1 is 1.33 bits per heavy atom. The van der Waals surface area contributed by atoms with E-state index in [0.29, 0.717) is 46.3 Å². The van der Waals surface area contributed by atoms with Gasteiger partial charge in [-0.2, -0.15) is 0 Å². The highest BCUT2D eigenvalue weighted by molar-refractivity contribution is 6.33. The Bertz CT molecular complexity index is 1430. The van der Waals surface area contributed by atoms with Gasteiger partial charge in [-0.25, -0.2) is 9.78 Å². The number of nitrogen functional groups attached to an aromatic ring is 1. The summed E-state index contributed by atoms with van der Waals surface area (Å²) in [4.78, 5) is 38.5. The molecule has 10 nitrogen and oxygen atoms in total. The predicted octanol–water partition coefficient (Wildman–Crippen LogP) is 5.02. The number of hydrogen-bond donors (Lipinski definition) is 2. The number of aryl methyl sites for hydroxylation is 1. The number of pyridine rings is 1. The van der Waals surface area contributed by atoms with E-state index < -0.39 is 5.60 Å². The third kappa shape index (κ3) is 6.27. The number of carbonyl (C=O) groups is 2. The number of nitrogens with one attached hydrogen (secondary N) is 1. The number of hydrogen-bond acceptors (Lipinski definition) is 7. The molecule has 0 saturated carbocycles. The van der Waals surface area contributed by atoms with E-state index in [1.54, 1.807) is 40.9 Å². The van der Waals surface area contributed by atoms with Gasteiger partial charge in [-0.1, -0.05) is 11.6 Å². The highest BCUT2D eigenvalue weighted by atomic mass is 35.5. The second-order valence-corrected chi connectivity index (χ2v) is 11.1. The van der Waals surface area contributed by atoms with Crippen LogP contribution in [-0.2, 0) is 4.74 Å². The average Bonchev–Trinajstić information content (AvgIpc) is 3.48. The minimum atomic E-state index is -0.562. The molecule has 2 aromatic heterocycles. The highest BCUT2D eigenvalue weighted by Crippen LogP contribution is 2.32. The number of fused-ring (bicyclic) bond motifs is 1. The maximum Gasteiger partial charge on any atom is 0.410 e. The Labute approximate surface area is 233 Å². The molecule has 39 heavy (non-hydrogen) atoms. The smallest absolute Gasteiger partial charge is 0.410 e. The number of benzene rings is 1. The molecule has 2 amide bonds. The lowest BCUT2D eigenvalue weighted by molar-refractivity contribution is 0.0237. The van der Waals surface area contributed by atoms with E-state index in [2.05, 4.69) is 20.2 Å². The lowest BCUT2D eigenvalue weighted by atomic mass is 10.0. The van der Waals surface area contributed by atoms with Crippen molar-refractivity contribution in [3.8, 4) is 0 Å². The van der Waals surface area contributed by atoms with Crippen molar-refractivity contribution in [2.45, 2.75) is 52.7 Å². The van der Waals surface area contributed by atoms with Gasteiger partial charge in [0.1, 0.15) is 5.60 Å². The molecule has 208 valence electrons. The molecule has 1 atom stereocenters. The summed E-state index contributed by atoms with van der Waals surface area (Å²) in [6.07, 6.45) is 5.73. The van der Waals surface area contributed by atoms with Crippen LogP contribution < -0.4 is 16.0 Å². The van der Waals surface area contributed by atoms with Crippen LogP contribution in [0.25, 0.3) is 5.65 Å². The highest BCUT2D eigenvalue weighted by Gasteiger charge is 2.32. The molecule has 0 bridgehead atoms. The first kappa shape index (κ1) is 28.2. The van der Waals surface area contributed by atoms with Gasteiger partial charge in [-0.15, -0.1) is 0 Å². The van der Waals surface area contributed by atoms with Gasteiger partial charge in [0, 0.05) is 56.5 Å². The summed E-state index contributed by atoms with van der Waals surface area (Å²) in [5.74, 6) is -0.360. The quantitative estimate of drug-likeness (QED) is 0.327. The number of aliphatic imine (C=N–C) groups is 1. The number of rotatable bonds is 6. The fraction of sp³-hybridized carbons (Fsp3) is 0.429. The SMILES string of the molecule is CCN=Cc1c(N2CC[C@@H](N(C)C(=O)OC(C)(C)C)C2)ccc(C(=O)Nc2cc(Cl)c3nc(C)cn3c2)c1N. The standard InChI is InChI=1S/C28H36ClN7O3/c1-7-31-13-21-23(35-11-10-19(16-35)34(6)27(38)39-28(3,4)5)9-8-20(24(21)30)26(37)33-18-12-22(29)25-32-17(2)14-36(25)15-18/h8-9,12-15,19H,7,10-11,16,30H2,1-6H3,(H,33,37)/t19-/m1/s1. The van der Waals surface area contributed by atoms with Crippen molar-refractivity contribution >= 4 is 52.5 Å². The Morgan fingerprint density at radius 3 is 2.77 bits per heavy atom. The van der Waals surface area contributed by atoms with E-state index in [9.17, 15) is 9.59 Å². The number of nitrogens with zero attached hydrogens (tertiary/aromatic N) is 5. The van der Waals surface area contributed by atoms with E-state index in [1.807, 2.05) is 46.9 Å². The Hall–Kier alpha value is -3.79. The van der Waals surface area contributed by atoms with E-state index in [1.165, 1.54) is 0 Å². The summed E-state index contributed by atoms with van der Waals surface area (Å²) in [6.45, 7) is 11.3. The lowest BCUT2D eigenvalue weighted by Crippen LogP contribution is -2.42. The van der Waals surface area contributed by atoms with Crippen molar-refractivity contribution < 1.29 is 14.3 Å². The summed E-state index contributed by atoms with van der Waals surface area (Å²) < 4.78 is 7.32. The van der Waals surface area contributed by atoms with Crippen LogP contribution in [0.5, 0.6) is 0 Å². The third-order valence-corrected chi connectivity index (χ3v) is 6.81. The van der Waals surface area contributed by atoms with Crippen LogP contribution in [0.15, 0.2) is 35.6 Å². The van der Waals surface area contributed by atoms with Crippen LogP contribution in [0, 0.1) is 6.92 Å². The molecular weight excluding hydrogens is 518 g/mol. The van der Waals surface area contributed by atoms with Crippen LogP contribution in [0.2, 0.25) is 5.02 Å². The van der Waals surface area contributed by atoms with Crippen LogP contribution in [0.1, 0.15) is 55.7 Å². The molecule has 3 aromatic rings. The van der Waals surface area contributed by atoms with E-state index in [-0.39, 0.29) is 18.0 Å². The molecular formula is C28H36ClN7O3. The van der Waals surface area contributed by atoms with Crippen molar-refractivity contribution in [2.24, 2.45) is 4.99 Å². The number of amides is 2. The van der Waals surface area contributed by atoms with Gasteiger partial charge in [0.15, 0.2) is 5.65 Å². The van der Waals surface area contributed by atoms with Crippen molar-refractivity contribution in [3.63, 3.8) is 0 Å². The summed E-state index contributed by atoms with van der Waals surface area (Å²) in [5, 5.41) is 3.33. The Balaban J connectivity index is 1.57. The normalized spacial score (nSPS) is 15.8.